The molecule has 0 amide bonds. The molecule has 0 N–H and O–H groups in total. The van der Waals surface area contributed by atoms with Crippen LogP contribution in [0.3, 0.4) is 0 Å². The van der Waals surface area contributed by atoms with E-state index in [9.17, 15) is 9.59 Å². The van der Waals surface area contributed by atoms with Gasteiger partial charge in [0.05, 0.1) is 6.54 Å². The van der Waals surface area contributed by atoms with Gasteiger partial charge in [0.25, 0.3) is 5.56 Å². The van der Waals surface area contributed by atoms with Gasteiger partial charge in [0.2, 0.25) is 5.28 Å². The summed E-state index contributed by atoms with van der Waals surface area (Å²) >= 11 is 6.27. The van der Waals surface area contributed by atoms with Crippen LogP contribution in [0.4, 0.5) is 4.79 Å². The number of carbonyl (C=O) groups is 1. The van der Waals surface area contributed by atoms with Crippen molar-refractivity contribution in [2.75, 3.05) is 0 Å². The van der Waals surface area contributed by atoms with E-state index in [1.54, 1.807) is 11.6 Å². The molecule has 4 aromatic rings. The molecule has 9 nitrogen and oxygen atoms in total. The molecule has 31 heavy (non-hydrogen) atoms. The number of carboxylic acid groups (broad SMARTS) is 2. The van der Waals surface area contributed by atoms with Crippen LogP contribution in [0.15, 0.2) is 52.1 Å². The Morgan fingerprint density at radius 2 is 1.58 bits per heavy atom. The van der Waals surface area contributed by atoms with Gasteiger partial charge in [-0.2, -0.15) is 4.98 Å². The Bertz CT molecular complexity index is 1360. The molecule has 0 saturated heterocycles. The summed E-state index contributed by atoms with van der Waals surface area (Å²) in [4.78, 5) is 37.2. The molecule has 0 aliphatic heterocycles. The molecule has 0 bridgehead atoms. The van der Waals surface area contributed by atoms with Crippen molar-refractivity contribution < 1.29 is 118 Å². The monoisotopic (exact) mass is 492 g/mol. The number of aryl methyl sites for hydroxylation is 1. The second kappa shape index (κ2) is 12.2. The van der Waals surface area contributed by atoms with Gasteiger partial charge < -0.3 is 19.6 Å². The quantitative estimate of drug-likeness (QED) is 0.202. The summed E-state index contributed by atoms with van der Waals surface area (Å²) in [5.41, 5.74) is 0.778. The van der Waals surface area contributed by atoms with Crippen LogP contribution in [0.5, 0.6) is 0 Å². The van der Waals surface area contributed by atoms with E-state index in [0.717, 1.165) is 20.9 Å². The normalized spacial score (nSPS) is 10.0. The minimum atomic E-state index is -2.33. The molecule has 4 rings (SSSR count). The summed E-state index contributed by atoms with van der Waals surface area (Å²) in [5.74, 6) is 0. The van der Waals surface area contributed by atoms with Crippen molar-refractivity contribution in [1.82, 2.24) is 18.7 Å². The first-order chi connectivity index (χ1) is 13.7. The Kier molecular flexibility index (Phi) is 11.3. The summed E-state index contributed by atoms with van der Waals surface area (Å²) in [7, 11) is 3.03. The molecule has 0 atom stereocenters. The fourth-order valence-electron chi connectivity index (χ4n) is 3.08. The van der Waals surface area contributed by atoms with E-state index in [-0.39, 0.29) is 108 Å². The summed E-state index contributed by atoms with van der Waals surface area (Å²) < 4.78 is 4.04. The van der Waals surface area contributed by atoms with Gasteiger partial charge in [0, 0.05) is 14.1 Å². The third kappa shape index (κ3) is 6.39. The summed E-state index contributed by atoms with van der Waals surface area (Å²) in [6.07, 6.45) is -2.33. The Morgan fingerprint density at radius 1 is 1.00 bits per heavy atom. The number of imidazole rings is 1. The number of aromatic nitrogens is 4. The van der Waals surface area contributed by atoms with E-state index < -0.39 is 17.4 Å². The molecule has 2 heterocycles. The van der Waals surface area contributed by atoms with Crippen molar-refractivity contribution in [1.29, 1.82) is 0 Å². The molecule has 0 aliphatic carbocycles. The first-order valence-electron chi connectivity index (χ1n) is 8.38. The van der Waals surface area contributed by atoms with Crippen LogP contribution in [0.25, 0.3) is 21.9 Å². The van der Waals surface area contributed by atoms with Gasteiger partial charge in [-0.15, -0.1) is 0 Å². The minimum absolute atomic E-state index is 0. The Balaban J connectivity index is 0.000000741. The number of benzene rings is 2. The second-order valence-electron chi connectivity index (χ2n) is 6.28. The summed E-state index contributed by atoms with van der Waals surface area (Å²) in [5, 5.41) is 19.1. The van der Waals surface area contributed by atoms with E-state index in [2.05, 4.69) is 11.1 Å². The number of carbonyl (C=O) groups excluding carboxylic acids is 1. The smallest absolute Gasteiger partial charge is 0.652 e. The topological polar surface area (TPSA) is 125 Å². The molecule has 0 saturated carbocycles. The van der Waals surface area contributed by atoms with Crippen LogP contribution < -0.4 is 124 Å². The van der Waals surface area contributed by atoms with E-state index in [1.807, 2.05) is 36.4 Å². The maximum atomic E-state index is 12.6. The van der Waals surface area contributed by atoms with Crippen molar-refractivity contribution in [3.8, 4) is 0 Å². The van der Waals surface area contributed by atoms with Crippen LogP contribution in [0, 0.1) is 0 Å². The molecule has 12 heteroatoms. The molecule has 0 unspecified atom stereocenters. The van der Waals surface area contributed by atoms with Crippen molar-refractivity contribution in [2.45, 2.75) is 6.54 Å². The Hall–Kier alpha value is -0.317. The van der Waals surface area contributed by atoms with Crippen LogP contribution in [-0.4, -0.2) is 24.8 Å². The van der Waals surface area contributed by atoms with E-state index in [0.29, 0.717) is 17.7 Å². The summed E-state index contributed by atoms with van der Waals surface area (Å²) in [6, 6.07) is 14.1. The molecule has 2 aromatic carbocycles. The van der Waals surface area contributed by atoms with E-state index in [4.69, 9.17) is 26.6 Å². The third-order valence-corrected chi connectivity index (χ3v) is 4.74. The number of fused-ring (bicyclic) bond motifs is 2. The van der Waals surface area contributed by atoms with Gasteiger partial charge >= 0.3 is 108 Å². The maximum absolute atomic E-state index is 12.6. The van der Waals surface area contributed by atoms with Crippen molar-refractivity contribution >= 4 is 39.7 Å². The maximum Gasteiger partial charge on any atom is 1.00 e. The SMILES string of the molecule is Cn1c(=O)c2c(nc(Cl)n2Cc2ccc3ccccc3c2)n(C)c1=O.O=C([O-])[O-].[K+].[K+]. The first-order valence-corrected chi connectivity index (χ1v) is 8.76. The van der Waals surface area contributed by atoms with Crippen LogP contribution in [0.2, 0.25) is 5.28 Å². The zero-order valence-electron chi connectivity index (χ0n) is 17.5. The fraction of sp³-hybridized carbons (Fsp3) is 0.158. The number of hydrogen-bond acceptors (Lipinski definition) is 6. The molecular weight excluding hydrogens is 478 g/mol. The average molecular weight is 493 g/mol. The van der Waals surface area contributed by atoms with Crippen LogP contribution in [-0.2, 0) is 20.6 Å². The third-order valence-electron chi connectivity index (χ3n) is 4.46. The zero-order chi connectivity index (χ0) is 21.3. The standard InChI is InChI=1S/C18H15ClN4O2.CH2O3.2K/c1-21-15-14(16(24)22(2)18(21)25)23(17(19)20-15)10-11-7-8-12-5-3-4-6-13(12)9-11;2-1(3)4;;/h3-9H,10H2,1-2H3;(H2,2,3,4);;/q;;2*+1/p-2. The zero-order valence-corrected chi connectivity index (χ0v) is 24.5. The second-order valence-corrected chi connectivity index (χ2v) is 6.61. The first kappa shape index (κ1) is 28.7. The molecule has 2 aromatic heterocycles. The van der Waals surface area contributed by atoms with Gasteiger partial charge in [-0.1, -0.05) is 36.4 Å². The Morgan fingerprint density at radius 3 is 2.19 bits per heavy atom. The fourth-order valence-corrected chi connectivity index (χ4v) is 3.31. The molecule has 0 spiro atoms. The van der Waals surface area contributed by atoms with Crippen molar-refractivity contribution in [2.24, 2.45) is 14.1 Å². The molecule has 0 fully saturated rings. The van der Waals surface area contributed by atoms with Gasteiger partial charge in [0.15, 0.2) is 11.2 Å². The molecular formula is C19H15ClK2N4O5. The van der Waals surface area contributed by atoms with Crippen molar-refractivity contribution in [3.05, 3.63) is 74.1 Å². The van der Waals surface area contributed by atoms with Gasteiger partial charge in [-0.25, -0.2) is 4.79 Å². The number of nitrogens with zero attached hydrogens (tertiary/aromatic N) is 4. The molecule has 0 radical (unpaired) electrons. The largest absolute Gasteiger partial charge is 1.00 e. The van der Waals surface area contributed by atoms with Crippen molar-refractivity contribution in [3.63, 3.8) is 0 Å². The summed E-state index contributed by atoms with van der Waals surface area (Å²) in [6.45, 7) is 0.396. The van der Waals surface area contributed by atoms with Crippen LogP contribution in [0.1, 0.15) is 5.56 Å². The Labute approximate surface area is 266 Å². The van der Waals surface area contributed by atoms with E-state index in [1.165, 1.54) is 11.6 Å². The number of rotatable bonds is 2. The van der Waals surface area contributed by atoms with Crippen LogP contribution >= 0.6 is 11.6 Å². The molecule has 0 aliphatic rings. The minimum Gasteiger partial charge on any atom is -0.652 e. The molecule has 150 valence electrons. The average Bonchev–Trinajstić information content (AvgIpc) is 3.00. The number of halogens is 1. The predicted octanol–water partition coefficient (Wildman–Crippen LogP) is -6.15. The van der Waals surface area contributed by atoms with Gasteiger partial charge in [0.1, 0.15) is 0 Å². The predicted molar refractivity (Wildman–Crippen MR) is 104 cm³/mol. The van der Waals surface area contributed by atoms with Gasteiger partial charge in [-0.05, 0) is 40.2 Å². The van der Waals surface area contributed by atoms with E-state index >= 15 is 0 Å². The van der Waals surface area contributed by atoms with Gasteiger partial charge in [-0.3, -0.25) is 13.9 Å². The number of hydrogen-bond donors (Lipinski definition) is 0.